The molecule has 1 saturated heterocycles. The zero-order valence-electron chi connectivity index (χ0n) is 19.6. The average Bonchev–Trinajstić information content (AvgIpc) is 3.17. The molecule has 5 nitrogen and oxygen atoms in total. The van der Waals surface area contributed by atoms with Crippen molar-refractivity contribution in [2.75, 3.05) is 11.5 Å². The van der Waals surface area contributed by atoms with Crippen LogP contribution in [0.25, 0.3) is 0 Å². The summed E-state index contributed by atoms with van der Waals surface area (Å²) in [6, 6.07) is 23.1. The monoisotopic (exact) mass is 465 g/mol. The maximum atomic E-state index is 13.8. The third-order valence-corrected chi connectivity index (χ3v) is 7.79. The van der Waals surface area contributed by atoms with E-state index in [0.717, 1.165) is 41.5 Å². The van der Waals surface area contributed by atoms with Crippen molar-refractivity contribution in [2.45, 2.75) is 38.0 Å². The average molecular weight is 466 g/mol. The lowest BCUT2D eigenvalue weighted by Crippen LogP contribution is -2.41. The van der Waals surface area contributed by atoms with Crippen molar-refractivity contribution in [2.24, 2.45) is 11.8 Å². The maximum Gasteiger partial charge on any atom is 0.338 e. The van der Waals surface area contributed by atoms with Crippen LogP contribution in [0, 0.1) is 11.8 Å². The quantitative estimate of drug-likeness (QED) is 0.277. The Labute approximate surface area is 204 Å². The molecule has 2 amide bonds. The Kier molecular flexibility index (Phi) is 5.28. The number of carbonyl (C=O) groups is 3. The van der Waals surface area contributed by atoms with Crippen LogP contribution in [-0.4, -0.2) is 24.4 Å². The first-order chi connectivity index (χ1) is 17.1. The molecule has 1 heterocycles. The highest BCUT2D eigenvalue weighted by atomic mass is 16.5. The summed E-state index contributed by atoms with van der Waals surface area (Å²) in [4.78, 5) is 41.3. The predicted octanol–water partition coefficient (Wildman–Crippen LogP) is 5.43. The summed E-state index contributed by atoms with van der Waals surface area (Å²) in [5, 5.41) is 0. The highest BCUT2D eigenvalue weighted by Crippen LogP contribution is 2.61. The molecule has 0 aromatic heterocycles. The SMILES string of the molecule is CCCCCOC(=O)c1ccc(N2C(=O)C3C4c5ccccc5C(c5ccccc54)C3C2=O)cc1. The van der Waals surface area contributed by atoms with E-state index in [-0.39, 0.29) is 29.6 Å². The topological polar surface area (TPSA) is 63.7 Å². The molecular weight excluding hydrogens is 438 g/mol. The number of carbonyl (C=O) groups excluding carboxylic acids is 3. The molecule has 1 fully saturated rings. The van der Waals surface area contributed by atoms with Gasteiger partial charge in [0.25, 0.3) is 0 Å². The van der Waals surface area contributed by atoms with Gasteiger partial charge in [0, 0.05) is 11.8 Å². The van der Waals surface area contributed by atoms with Gasteiger partial charge in [0.2, 0.25) is 11.8 Å². The van der Waals surface area contributed by atoms with E-state index in [9.17, 15) is 14.4 Å². The highest BCUT2D eigenvalue weighted by molar-refractivity contribution is 6.23. The van der Waals surface area contributed by atoms with Crippen LogP contribution in [0.4, 0.5) is 5.69 Å². The van der Waals surface area contributed by atoms with Gasteiger partial charge in [0.15, 0.2) is 0 Å². The van der Waals surface area contributed by atoms with Crippen LogP contribution in [0.2, 0.25) is 0 Å². The Morgan fingerprint density at radius 1 is 0.743 bits per heavy atom. The molecular formula is C30H27NO4. The zero-order valence-corrected chi connectivity index (χ0v) is 19.6. The summed E-state index contributed by atoms with van der Waals surface area (Å²) in [6.45, 7) is 2.49. The third-order valence-electron chi connectivity index (χ3n) is 7.79. The highest BCUT2D eigenvalue weighted by Gasteiger charge is 2.61. The second-order valence-corrected chi connectivity index (χ2v) is 9.67. The molecule has 1 aliphatic heterocycles. The van der Waals surface area contributed by atoms with Crippen LogP contribution < -0.4 is 4.90 Å². The summed E-state index contributed by atoms with van der Waals surface area (Å²) in [7, 11) is 0. The van der Waals surface area contributed by atoms with E-state index in [1.54, 1.807) is 24.3 Å². The smallest absolute Gasteiger partial charge is 0.338 e. The molecule has 4 aliphatic rings. The number of amides is 2. The maximum absolute atomic E-state index is 13.8. The van der Waals surface area contributed by atoms with Gasteiger partial charge in [-0.15, -0.1) is 0 Å². The van der Waals surface area contributed by atoms with Crippen LogP contribution >= 0.6 is 0 Å². The molecule has 35 heavy (non-hydrogen) atoms. The van der Waals surface area contributed by atoms with Gasteiger partial charge in [0.05, 0.1) is 29.7 Å². The van der Waals surface area contributed by atoms with Gasteiger partial charge in [-0.2, -0.15) is 0 Å². The van der Waals surface area contributed by atoms with Crippen molar-refractivity contribution < 1.29 is 19.1 Å². The van der Waals surface area contributed by atoms with Crippen molar-refractivity contribution in [1.82, 2.24) is 0 Å². The summed E-state index contributed by atoms with van der Waals surface area (Å²) in [6.07, 6.45) is 2.92. The van der Waals surface area contributed by atoms with Gasteiger partial charge in [-0.3, -0.25) is 9.59 Å². The van der Waals surface area contributed by atoms with E-state index in [1.807, 2.05) is 24.3 Å². The fourth-order valence-electron chi connectivity index (χ4n) is 6.28. The van der Waals surface area contributed by atoms with Crippen LogP contribution in [0.1, 0.15) is 70.6 Å². The van der Waals surface area contributed by atoms with Crippen molar-refractivity contribution in [3.05, 3.63) is 101 Å². The molecule has 3 aromatic rings. The number of esters is 1. The van der Waals surface area contributed by atoms with E-state index in [0.29, 0.717) is 17.9 Å². The standard InChI is InChI=1S/C30H27NO4/c1-2-3-8-17-35-30(34)18-13-15-19(16-14-18)31-28(32)26-24-20-9-4-5-10-21(20)25(27(26)29(31)33)23-12-7-6-11-22(23)24/h4-7,9-16,24-27H,2-3,8,17H2,1H3. The first-order valence-corrected chi connectivity index (χ1v) is 12.4. The predicted molar refractivity (Wildman–Crippen MR) is 132 cm³/mol. The molecule has 3 aromatic carbocycles. The Bertz CT molecular complexity index is 1210. The molecule has 2 bridgehead atoms. The van der Waals surface area contributed by atoms with Crippen LogP contribution in [0.15, 0.2) is 72.8 Å². The number of ether oxygens (including phenoxy) is 1. The number of imide groups is 1. The largest absolute Gasteiger partial charge is 0.462 e. The minimum Gasteiger partial charge on any atom is -0.462 e. The molecule has 2 atom stereocenters. The second-order valence-electron chi connectivity index (χ2n) is 9.67. The first kappa shape index (κ1) is 21.8. The Morgan fingerprint density at radius 3 is 1.69 bits per heavy atom. The normalized spacial score (nSPS) is 23.6. The lowest BCUT2D eigenvalue weighted by molar-refractivity contribution is -0.122. The Hall–Kier alpha value is -3.73. The minimum absolute atomic E-state index is 0.128. The molecule has 176 valence electrons. The van der Waals surface area contributed by atoms with Crippen LogP contribution in [0.3, 0.4) is 0 Å². The van der Waals surface area contributed by atoms with E-state index in [1.165, 1.54) is 4.90 Å². The van der Waals surface area contributed by atoms with E-state index in [4.69, 9.17) is 4.74 Å². The van der Waals surface area contributed by atoms with Crippen molar-refractivity contribution >= 4 is 23.5 Å². The third kappa shape index (κ3) is 3.25. The second kappa shape index (κ2) is 8.49. The number of hydrogen-bond acceptors (Lipinski definition) is 4. The minimum atomic E-state index is -0.416. The van der Waals surface area contributed by atoms with Gasteiger partial charge >= 0.3 is 5.97 Å². The van der Waals surface area contributed by atoms with Gasteiger partial charge < -0.3 is 4.74 Å². The van der Waals surface area contributed by atoms with Crippen molar-refractivity contribution in [3.8, 4) is 0 Å². The summed E-state index contributed by atoms with van der Waals surface area (Å²) in [5.41, 5.74) is 5.54. The van der Waals surface area contributed by atoms with E-state index in [2.05, 4.69) is 31.2 Å². The molecule has 5 heteroatoms. The van der Waals surface area contributed by atoms with Gasteiger partial charge in [-0.25, -0.2) is 9.69 Å². The lowest BCUT2D eigenvalue weighted by atomic mass is 9.55. The summed E-state index contributed by atoms with van der Waals surface area (Å²) in [5.74, 6) is -1.79. The number of nitrogens with zero attached hydrogens (tertiary/aromatic N) is 1. The van der Waals surface area contributed by atoms with Crippen molar-refractivity contribution in [1.29, 1.82) is 0 Å². The van der Waals surface area contributed by atoms with Crippen LogP contribution in [0.5, 0.6) is 0 Å². The van der Waals surface area contributed by atoms with E-state index >= 15 is 0 Å². The molecule has 0 spiro atoms. The Balaban J connectivity index is 1.32. The molecule has 0 saturated carbocycles. The van der Waals surface area contributed by atoms with Crippen LogP contribution in [-0.2, 0) is 14.3 Å². The first-order valence-electron chi connectivity index (χ1n) is 12.4. The molecule has 0 N–H and O–H groups in total. The number of anilines is 1. The van der Waals surface area contributed by atoms with Gasteiger partial charge in [-0.1, -0.05) is 68.3 Å². The van der Waals surface area contributed by atoms with Crippen molar-refractivity contribution in [3.63, 3.8) is 0 Å². The van der Waals surface area contributed by atoms with Gasteiger partial charge in [0.1, 0.15) is 0 Å². The number of hydrogen-bond donors (Lipinski definition) is 0. The van der Waals surface area contributed by atoms with E-state index < -0.39 is 11.8 Å². The zero-order chi connectivity index (χ0) is 24.1. The lowest BCUT2D eigenvalue weighted by Gasteiger charge is -2.45. The molecule has 2 unspecified atom stereocenters. The van der Waals surface area contributed by atoms with Gasteiger partial charge in [-0.05, 0) is 52.9 Å². The Morgan fingerprint density at radius 2 is 1.23 bits per heavy atom. The summed E-state index contributed by atoms with van der Waals surface area (Å²) >= 11 is 0. The molecule has 7 rings (SSSR count). The molecule has 0 radical (unpaired) electrons. The fraction of sp³-hybridized carbons (Fsp3) is 0.300. The number of unbranched alkanes of at least 4 members (excludes halogenated alkanes) is 2. The fourth-order valence-corrected chi connectivity index (χ4v) is 6.28. The summed E-state index contributed by atoms with van der Waals surface area (Å²) < 4.78 is 5.34. The molecule has 3 aliphatic carbocycles. The number of benzene rings is 3. The number of rotatable bonds is 6.